The van der Waals surface area contributed by atoms with Gasteiger partial charge in [-0.1, -0.05) is 42.1 Å². The van der Waals surface area contributed by atoms with Crippen molar-refractivity contribution in [1.29, 1.82) is 0 Å². The van der Waals surface area contributed by atoms with E-state index >= 15 is 0 Å². The number of nitrogens with one attached hydrogen (secondary N) is 1. The Labute approximate surface area is 168 Å². The van der Waals surface area contributed by atoms with Crippen LogP contribution in [0.1, 0.15) is 5.69 Å². The number of carbonyl (C=O) groups is 1. The summed E-state index contributed by atoms with van der Waals surface area (Å²) in [4.78, 5) is 21.4. The van der Waals surface area contributed by atoms with Crippen molar-refractivity contribution in [2.45, 2.75) is 12.1 Å². The van der Waals surface area contributed by atoms with E-state index < -0.39 is 0 Å². The van der Waals surface area contributed by atoms with E-state index in [9.17, 15) is 4.79 Å². The third-order valence-corrected chi connectivity index (χ3v) is 4.77. The second-order valence-electron chi connectivity index (χ2n) is 5.95. The first-order valence-electron chi connectivity index (χ1n) is 8.65. The fourth-order valence-electron chi connectivity index (χ4n) is 2.58. The fourth-order valence-corrected chi connectivity index (χ4v) is 3.28. The number of carbonyl (C=O) groups excluding carboxylic acids is 1. The number of hydrogen-bond acceptors (Lipinski definition) is 6. The van der Waals surface area contributed by atoms with Gasteiger partial charge in [0.15, 0.2) is 5.16 Å². The highest BCUT2D eigenvalue weighted by molar-refractivity contribution is 7.99. The van der Waals surface area contributed by atoms with Crippen LogP contribution >= 0.6 is 11.8 Å². The first kappa shape index (κ1) is 19.7. The molecule has 0 saturated carbocycles. The number of aromatic nitrogens is 2. The molecule has 0 saturated heterocycles. The summed E-state index contributed by atoms with van der Waals surface area (Å²) in [7, 11) is 3.13. The normalized spacial score (nSPS) is 10.4. The third kappa shape index (κ3) is 5.01. The summed E-state index contributed by atoms with van der Waals surface area (Å²) in [6.45, 7) is 1.92. The van der Waals surface area contributed by atoms with Crippen molar-refractivity contribution in [1.82, 2.24) is 9.97 Å². The molecule has 0 spiro atoms. The molecular formula is C21H21N3O3S. The number of rotatable bonds is 7. The van der Waals surface area contributed by atoms with E-state index in [2.05, 4.69) is 15.3 Å². The van der Waals surface area contributed by atoms with Crippen molar-refractivity contribution < 1.29 is 14.3 Å². The van der Waals surface area contributed by atoms with E-state index in [0.717, 1.165) is 17.0 Å². The second-order valence-corrected chi connectivity index (χ2v) is 6.89. The first-order chi connectivity index (χ1) is 13.6. The lowest BCUT2D eigenvalue weighted by Gasteiger charge is -2.11. The maximum absolute atomic E-state index is 12.4. The van der Waals surface area contributed by atoms with Crippen LogP contribution in [0.25, 0.3) is 11.3 Å². The molecule has 0 aliphatic heterocycles. The van der Waals surface area contributed by atoms with Gasteiger partial charge in [-0.15, -0.1) is 0 Å². The van der Waals surface area contributed by atoms with Crippen molar-refractivity contribution in [3.8, 4) is 22.8 Å². The van der Waals surface area contributed by atoms with Crippen molar-refractivity contribution in [3.63, 3.8) is 0 Å². The maximum atomic E-state index is 12.4. The maximum Gasteiger partial charge on any atom is 0.234 e. The van der Waals surface area contributed by atoms with E-state index in [-0.39, 0.29) is 11.7 Å². The van der Waals surface area contributed by atoms with Gasteiger partial charge in [0.25, 0.3) is 0 Å². The van der Waals surface area contributed by atoms with Crippen LogP contribution in [0.15, 0.2) is 59.8 Å². The lowest BCUT2D eigenvalue weighted by atomic mass is 10.1. The molecule has 6 nitrogen and oxygen atoms in total. The summed E-state index contributed by atoms with van der Waals surface area (Å²) < 4.78 is 10.5. The molecule has 7 heteroatoms. The van der Waals surface area contributed by atoms with Crippen LogP contribution in [0.3, 0.4) is 0 Å². The van der Waals surface area contributed by atoms with Gasteiger partial charge < -0.3 is 14.8 Å². The molecule has 3 rings (SSSR count). The van der Waals surface area contributed by atoms with Crippen molar-refractivity contribution in [3.05, 3.63) is 60.3 Å². The molecule has 1 amide bonds. The van der Waals surface area contributed by atoms with Crippen LogP contribution in [-0.4, -0.2) is 35.8 Å². The molecule has 1 N–H and O–H groups in total. The minimum atomic E-state index is -0.167. The summed E-state index contributed by atoms with van der Waals surface area (Å²) >= 11 is 1.29. The van der Waals surface area contributed by atoms with E-state index in [1.807, 2.05) is 43.3 Å². The Kier molecular flexibility index (Phi) is 6.49. The highest BCUT2D eigenvalue weighted by Gasteiger charge is 2.11. The zero-order valence-electron chi connectivity index (χ0n) is 15.9. The second kappa shape index (κ2) is 9.23. The van der Waals surface area contributed by atoms with E-state index in [0.29, 0.717) is 22.3 Å². The number of aryl methyl sites for hydroxylation is 1. The third-order valence-electron chi connectivity index (χ3n) is 3.92. The lowest BCUT2D eigenvalue weighted by molar-refractivity contribution is -0.113. The largest absolute Gasteiger partial charge is 0.497 e. The minimum absolute atomic E-state index is 0.167. The molecule has 0 aliphatic rings. The van der Waals surface area contributed by atoms with E-state index in [4.69, 9.17) is 9.47 Å². The van der Waals surface area contributed by atoms with Gasteiger partial charge in [-0.3, -0.25) is 4.79 Å². The van der Waals surface area contributed by atoms with Gasteiger partial charge in [-0.25, -0.2) is 9.97 Å². The topological polar surface area (TPSA) is 73.3 Å². The van der Waals surface area contributed by atoms with Crippen LogP contribution in [-0.2, 0) is 4.79 Å². The van der Waals surface area contributed by atoms with Gasteiger partial charge in [-0.2, -0.15) is 0 Å². The molecule has 0 fully saturated rings. The summed E-state index contributed by atoms with van der Waals surface area (Å²) in [5, 5.41) is 3.41. The van der Waals surface area contributed by atoms with Gasteiger partial charge in [-0.05, 0) is 25.1 Å². The van der Waals surface area contributed by atoms with Gasteiger partial charge in [0.05, 0.1) is 31.4 Å². The lowest BCUT2D eigenvalue weighted by Crippen LogP contribution is -2.15. The van der Waals surface area contributed by atoms with E-state index in [1.54, 1.807) is 32.4 Å². The van der Waals surface area contributed by atoms with Gasteiger partial charge in [0.1, 0.15) is 11.5 Å². The molecule has 28 heavy (non-hydrogen) atoms. The highest BCUT2D eigenvalue weighted by Crippen LogP contribution is 2.29. The Morgan fingerprint density at radius 1 is 1.04 bits per heavy atom. The summed E-state index contributed by atoms with van der Waals surface area (Å²) in [6, 6.07) is 17.1. The fraction of sp³-hybridized carbons (Fsp3) is 0.190. The molecule has 1 heterocycles. The quantitative estimate of drug-likeness (QED) is 0.477. The molecule has 144 valence electrons. The number of hydrogen-bond donors (Lipinski definition) is 1. The molecule has 0 bridgehead atoms. The number of thioether (sulfide) groups is 1. The SMILES string of the molecule is COc1ccc(NC(=O)CSc2nc(C)cc(-c3ccccc3)n2)c(OC)c1. The Hall–Kier alpha value is -3.06. The van der Waals surface area contributed by atoms with Crippen LogP contribution < -0.4 is 14.8 Å². The summed E-state index contributed by atoms with van der Waals surface area (Å²) in [5.41, 5.74) is 3.30. The molecule has 2 aromatic carbocycles. The Balaban J connectivity index is 1.67. The van der Waals surface area contributed by atoms with Crippen molar-refractivity contribution in [2.24, 2.45) is 0 Å². The van der Waals surface area contributed by atoms with Crippen LogP contribution in [0.5, 0.6) is 11.5 Å². The summed E-state index contributed by atoms with van der Waals surface area (Å²) in [5.74, 6) is 1.22. The Morgan fingerprint density at radius 2 is 1.82 bits per heavy atom. The molecule has 1 aromatic heterocycles. The molecule has 0 radical (unpaired) electrons. The Bertz CT molecular complexity index is 964. The smallest absolute Gasteiger partial charge is 0.234 e. The standard InChI is InChI=1S/C21H21N3O3S/c1-14-11-18(15-7-5-4-6-8-15)24-21(22-14)28-13-20(25)23-17-10-9-16(26-2)12-19(17)27-3/h4-12H,13H2,1-3H3,(H,23,25). The molecule has 0 atom stereocenters. The van der Waals surface area contributed by atoms with Gasteiger partial charge in [0.2, 0.25) is 5.91 Å². The number of methoxy groups -OCH3 is 2. The number of anilines is 1. The number of ether oxygens (including phenoxy) is 2. The van der Waals surface area contributed by atoms with Crippen LogP contribution in [0.4, 0.5) is 5.69 Å². The number of nitrogens with zero attached hydrogens (tertiary/aromatic N) is 2. The number of amides is 1. The van der Waals surface area contributed by atoms with Gasteiger partial charge in [0, 0.05) is 17.3 Å². The highest BCUT2D eigenvalue weighted by atomic mass is 32.2. The molecule has 3 aromatic rings. The van der Waals surface area contributed by atoms with Crippen molar-refractivity contribution >= 4 is 23.4 Å². The predicted molar refractivity (Wildman–Crippen MR) is 111 cm³/mol. The number of benzene rings is 2. The minimum Gasteiger partial charge on any atom is -0.497 e. The summed E-state index contributed by atoms with van der Waals surface area (Å²) in [6.07, 6.45) is 0. The Morgan fingerprint density at radius 3 is 2.54 bits per heavy atom. The first-order valence-corrected chi connectivity index (χ1v) is 9.63. The van der Waals surface area contributed by atoms with Crippen LogP contribution in [0, 0.1) is 6.92 Å². The average molecular weight is 395 g/mol. The molecular weight excluding hydrogens is 374 g/mol. The van der Waals surface area contributed by atoms with E-state index in [1.165, 1.54) is 11.8 Å². The monoisotopic (exact) mass is 395 g/mol. The van der Waals surface area contributed by atoms with Crippen molar-refractivity contribution in [2.75, 3.05) is 25.3 Å². The van der Waals surface area contributed by atoms with Gasteiger partial charge >= 0.3 is 0 Å². The average Bonchev–Trinajstić information content (AvgIpc) is 2.73. The zero-order valence-corrected chi connectivity index (χ0v) is 16.7. The molecule has 0 unspecified atom stereocenters. The predicted octanol–water partition coefficient (Wildman–Crippen LogP) is 4.20. The molecule has 0 aliphatic carbocycles. The van der Waals surface area contributed by atoms with Crippen LogP contribution in [0.2, 0.25) is 0 Å². The zero-order chi connectivity index (χ0) is 19.9.